The standard InChI is InChI=1S/C14H25N3/c1-11-12(10-16-17(11)4)9-15-13-5-7-14(2,3)8-6-13/h10,13,15H,5-9H2,1-4H3. The van der Waals surface area contributed by atoms with E-state index in [1.807, 2.05) is 17.9 Å². The minimum Gasteiger partial charge on any atom is -0.310 e. The molecule has 2 rings (SSSR count). The minimum atomic E-state index is 0.558. The van der Waals surface area contributed by atoms with Gasteiger partial charge in [0.1, 0.15) is 0 Å². The van der Waals surface area contributed by atoms with E-state index in [2.05, 4.69) is 31.2 Å². The highest BCUT2D eigenvalue weighted by Crippen LogP contribution is 2.35. The van der Waals surface area contributed by atoms with Gasteiger partial charge in [-0.3, -0.25) is 4.68 Å². The fraction of sp³-hybridized carbons (Fsp3) is 0.786. The van der Waals surface area contributed by atoms with E-state index in [0.717, 1.165) is 6.54 Å². The summed E-state index contributed by atoms with van der Waals surface area (Å²) in [5.41, 5.74) is 3.16. The second-order valence-corrected chi connectivity index (χ2v) is 6.20. The molecule has 0 amide bonds. The van der Waals surface area contributed by atoms with E-state index >= 15 is 0 Å². The van der Waals surface area contributed by atoms with Crippen LogP contribution < -0.4 is 5.32 Å². The third kappa shape index (κ3) is 3.09. The van der Waals surface area contributed by atoms with Crippen LogP contribution in [0, 0.1) is 12.3 Å². The molecule has 96 valence electrons. The van der Waals surface area contributed by atoms with E-state index in [-0.39, 0.29) is 0 Å². The van der Waals surface area contributed by atoms with Crippen LogP contribution in [-0.2, 0) is 13.6 Å². The highest BCUT2D eigenvalue weighted by molar-refractivity contribution is 5.15. The minimum absolute atomic E-state index is 0.558. The van der Waals surface area contributed by atoms with E-state index in [1.165, 1.54) is 36.9 Å². The predicted octanol–water partition coefficient (Wildman–Crippen LogP) is 2.79. The van der Waals surface area contributed by atoms with Gasteiger partial charge in [-0.05, 0) is 38.0 Å². The molecule has 1 heterocycles. The van der Waals surface area contributed by atoms with E-state index in [0.29, 0.717) is 11.5 Å². The van der Waals surface area contributed by atoms with Crippen LogP contribution in [0.4, 0.5) is 0 Å². The van der Waals surface area contributed by atoms with Crippen molar-refractivity contribution in [1.29, 1.82) is 0 Å². The van der Waals surface area contributed by atoms with Gasteiger partial charge in [-0.15, -0.1) is 0 Å². The van der Waals surface area contributed by atoms with Crippen molar-refractivity contribution in [3.05, 3.63) is 17.5 Å². The number of nitrogens with one attached hydrogen (secondary N) is 1. The average molecular weight is 235 g/mol. The number of nitrogens with zero attached hydrogens (tertiary/aromatic N) is 2. The van der Waals surface area contributed by atoms with Crippen molar-refractivity contribution >= 4 is 0 Å². The number of hydrogen-bond donors (Lipinski definition) is 1. The summed E-state index contributed by atoms with van der Waals surface area (Å²) >= 11 is 0. The summed E-state index contributed by atoms with van der Waals surface area (Å²) in [6.07, 6.45) is 7.29. The van der Waals surface area contributed by atoms with Gasteiger partial charge < -0.3 is 5.32 Å². The molecule has 1 aliphatic rings. The SMILES string of the molecule is Cc1c(CNC2CCC(C)(C)CC2)cnn1C. The molecule has 1 aliphatic carbocycles. The molecule has 1 N–H and O–H groups in total. The van der Waals surface area contributed by atoms with Crippen LogP contribution in [0.1, 0.15) is 50.8 Å². The van der Waals surface area contributed by atoms with Crippen LogP contribution in [0.25, 0.3) is 0 Å². The Bertz CT molecular complexity index is 369. The third-order valence-electron chi connectivity index (χ3n) is 4.26. The summed E-state index contributed by atoms with van der Waals surface area (Å²) in [6.45, 7) is 7.86. The third-order valence-corrected chi connectivity index (χ3v) is 4.26. The zero-order chi connectivity index (χ0) is 12.5. The van der Waals surface area contributed by atoms with Crippen molar-refractivity contribution in [3.63, 3.8) is 0 Å². The van der Waals surface area contributed by atoms with E-state index in [9.17, 15) is 0 Å². The average Bonchev–Trinajstić information content (AvgIpc) is 2.59. The predicted molar refractivity (Wildman–Crippen MR) is 70.8 cm³/mol. The summed E-state index contributed by atoms with van der Waals surface area (Å²) in [5.74, 6) is 0. The normalized spacial score (nSPS) is 20.7. The summed E-state index contributed by atoms with van der Waals surface area (Å²) in [4.78, 5) is 0. The van der Waals surface area contributed by atoms with Crippen LogP contribution in [0.3, 0.4) is 0 Å². The molecule has 17 heavy (non-hydrogen) atoms. The molecule has 0 spiro atoms. The van der Waals surface area contributed by atoms with Crippen molar-refractivity contribution in [2.75, 3.05) is 0 Å². The Morgan fingerprint density at radius 2 is 2.06 bits per heavy atom. The summed E-state index contributed by atoms with van der Waals surface area (Å²) in [5, 5.41) is 7.96. The molecule has 0 aromatic carbocycles. The van der Waals surface area contributed by atoms with Crippen molar-refractivity contribution in [1.82, 2.24) is 15.1 Å². The number of rotatable bonds is 3. The van der Waals surface area contributed by atoms with Gasteiger partial charge in [-0.2, -0.15) is 5.10 Å². The van der Waals surface area contributed by atoms with Gasteiger partial charge in [0, 0.05) is 30.9 Å². The number of aromatic nitrogens is 2. The Morgan fingerprint density at radius 3 is 2.59 bits per heavy atom. The zero-order valence-corrected chi connectivity index (χ0v) is 11.6. The quantitative estimate of drug-likeness (QED) is 0.873. The van der Waals surface area contributed by atoms with Gasteiger partial charge in [0.25, 0.3) is 0 Å². The molecule has 0 unspecified atom stereocenters. The molecule has 1 aromatic heterocycles. The van der Waals surface area contributed by atoms with Gasteiger partial charge in [0.15, 0.2) is 0 Å². The van der Waals surface area contributed by atoms with Crippen molar-refractivity contribution in [2.45, 2.75) is 59.0 Å². The molecular weight excluding hydrogens is 210 g/mol. The Kier molecular flexibility index (Phi) is 3.57. The highest BCUT2D eigenvalue weighted by atomic mass is 15.3. The fourth-order valence-corrected chi connectivity index (χ4v) is 2.58. The molecule has 3 heteroatoms. The maximum Gasteiger partial charge on any atom is 0.0537 e. The first kappa shape index (κ1) is 12.6. The van der Waals surface area contributed by atoms with Crippen LogP contribution >= 0.6 is 0 Å². The Morgan fingerprint density at radius 1 is 1.41 bits per heavy atom. The van der Waals surface area contributed by atoms with Crippen LogP contribution in [0.2, 0.25) is 0 Å². The van der Waals surface area contributed by atoms with E-state index in [4.69, 9.17) is 0 Å². The lowest BCUT2D eigenvalue weighted by Crippen LogP contribution is -2.35. The van der Waals surface area contributed by atoms with Gasteiger partial charge in [-0.25, -0.2) is 0 Å². The largest absolute Gasteiger partial charge is 0.310 e. The monoisotopic (exact) mass is 235 g/mol. The summed E-state index contributed by atoms with van der Waals surface area (Å²) in [7, 11) is 2.00. The molecule has 0 atom stereocenters. The van der Waals surface area contributed by atoms with Crippen molar-refractivity contribution < 1.29 is 0 Å². The Balaban J connectivity index is 1.82. The van der Waals surface area contributed by atoms with Gasteiger partial charge in [0.05, 0.1) is 6.20 Å². The van der Waals surface area contributed by atoms with Crippen LogP contribution in [-0.4, -0.2) is 15.8 Å². The second-order valence-electron chi connectivity index (χ2n) is 6.20. The first-order chi connectivity index (χ1) is 7.98. The second kappa shape index (κ2) is 4.81. The molecule has 3 nitrogen and oxygen atoms in total. The first-order valence-electron chi connectivity index (χ1n) is 6.69. The van der Waals surface area contributed by atoms with Crippen molar-refractivity contribution in [2.24, 2.45) is 12.5 Å². The molecule has 0 saturated heterocycles. The Hall–Kier alpha value is -0.830. The highest BCUT2D eigenvalue weighted by Gasteiger charge is 2.26. The molecule has 0 radical (unpaired) electrons. The molecule has 0 bridgehead atoms. The fourth-order valence-electron chi connectivity index (χ4n) is 2.58. The lowest BCUT2D eigenvalue weighted by Gasteiger charge is -2.34. The van der Waals surface area contributed by atoms with Gasteiger partial charge >= 0.3 is 0 Å². The van der Waals surface area contributed by atoms with Crippen molar-refractivity contribution in [3.8, 4) is 0 Å². The zero-order valence-electron chi connectivity index (χ0n) is 11.6. The lowest BCUT2D eigenvalue weighted by molar-refractivity contribution is 0.206. The maximum atomic E-state index is 4.28. The van der Waals surface area contributed by atoms with Gasteiger partial charge in [-0.1, -0.05) is 13.8 Å². The molecular formula is C14H25N3. The summed E-state index contributed by atoms with van der Waals surface area (Å²) in [6, 6.07) is 0.697. The molecule has 1 saturated carbocycles. The van der Waals surface area contributed by atoms with Gasteiger partial charge in [0.2, 0.25) is 0 Å². The summed E-state index contributed by atoms with van der Waals surface area (Å²) < 4.78 is 1.95. The van der Waals surface area contributed by atoms with E-state index in [1.54, 1.807) is 0 Å². The van der Waals surface area contributed by atoms with Crippen LogP contribution in [0.15, 0.2) is 6.20 Å². The Labute approximate surface area is 105 Å². The lowest BCUT2D eigenvalue weighted by atomic mass is 9.75. The molecule has 1 aromatic rings. The smallest absolute Gasteiger partial charge is 0.0537 e. The maximum absolute atomic E-state index is 4.28. The topological polar surface area (TPSA) is 29.9 Å². The first-order valence-corrected chi connectivity index (χ1v) is 6.69. The van der Waals surface area contributed by atoms with E-state index < -0.39 is 0 Å². The van der Waals surface area contributed by atoms with Crippen LogP contribution in [0.5, 0.6) is 0 Å². The molecule has 0 aliphatic heterocycles. The molecule has 1 fully saturated rings. The number of aryl methyl sites for hydroxylation is 1. The number of hydrogen-bond acceptors (Lipinski definition) is 2.